The fourth-order valence-electron chi connectivity index (χ4n) is 2.69. The topological polar surface area (TPSA) is 49.5 Å². The van der Waals surface area contributed by atoms with Gasteiger partial charge < -0.3 is 10.8 Å². The lowest BCUT2D eigenvalue weighted by molar-refractivity contribution is 0.0562. The SMILES string of the molecule is CC(O)(CN)CCCCN1CCc2ccccc2C1. The van der Waals surface area contributed by atoms with Crippen LogP contribution < -0.4 is 5.73 Å². The van der Waals surface area contributed by atoms with E-state index in [9.17, 15) is 5.11 Å². The van der Waals surface area contributed by atoms with E-state index in [-0.39, 0.29) is 0 Å². The van der Waals surface area contributed by atoms with E-state index in [1.807, 2.05) is 6.92 Å². The molecule has 1 aromatic rings. The zero-order valence-corrected chi connectivity index (χ0v) is 11.9. The highest BCUT2D eigenvalue weighted by Gasteiger charge is 2.18. The van der Waals surface area contributed by atoms with Gasteiger partial charge in [-0.25, -0.2) is 0 Å². The first-order valence-corrected chi connectivity index (χ1v) is 7.32. The predicted molar refractivity (Wildman–Crippen MR) is 79.0 cm³/mol. The van der Waals surface area contributed by atoms with Crippen molar-refractivity contribution < 1.29 is 5.11 Å². The molecule has 1 aliphatic rings. The normalized spacial score (nSPS) is 18.9. The molecule has 0 saturated carbocycles. The van der Waals surface area contributed by atoms with Crippen molar-refractivity contribution in [3.63, 3.8) is 0 Å². The van der Waals surface area contributed by atoms with Gasteiger partial charge in [-0.1, -0.05) is 24.3 Å². The Bertz CT molecular complexity index is 403. The average molecular weight is 262 g/mol. The van der Waals surface area contributed by atoms with Crippen molar-refractivity contribution in [1.82, 2.24) is 4.90 Å². The van der Waals surface area contributed by atoms with Crippen LogP contribution in [0.1, 0.15) is 37.3 Å². The van der Waals surface area contributed by atoms with E-state index < -0.39 is 5.60 Å². The smallest absolute Gasteiger partial charge is 0.0741 e. The second-order valence-corrected chi connectivity index (χ2v) is 5.95. The fraction of sp³-hybridized carbons (Fsp3) is 0.625. The van der Waals surface area contributed by atoms with E-state index in [1.165, 1.54) is 11.1 Å². The third-order valence-electron chi connectivity index (χ3n) is 4.09. The van der Waals surface area contributed by atoms with Crippen molar-refractivity contribution in [3.8, 4) is 0 Å². The molecule has 3 nitrogen and oxygen atoms in total. The van der Waals surface area contributed by atoms with E-state index in [0.717, 1.165) is 45.3 Å². The second kappa shape index (κ2) is 6.51. The first-order valence-electron chi connectivity index (χ1n) is 7.32. The highest BCUT2D eigenvalue weighted by molar-refractivity contribution is 5.28. The van der Waals surface area contributed by atoms with Crippen LogP contribution in [-0.2, 0) is 13.0 Å². The Morgan fingerprint density at radius 2 is 2.00 bits per heavy atom. The van der Waals surface area contributed by atoms with Crippen LogP contribution in [0.3, 0.4) is 0 Å². The van der Waals surface area contributed by atoms with Crippen LogP contribution in [0.25, 0.3) is 0 Å². The lowest BCUT2D eigenvalue weighted by Gasteiger charge is -2.29. The number of nitrogens with zero attached hydrogens (tertiary/aromatic N) is 1. The molecule has 19 heavy (non-hydrogen) atoms. The van der Waals surface area contributed by atoms with Crippen LogP contribution in [0.15, 0.2) is 24.3 Å². The van der Waals surface area contributed by atoms with Gasteiger partial charge in [-0.15, -0.1) is 0 Å². The summed E-state index contributed by atoms with van der Waals surface area (Å²) >= 11 is 0. The van der Waals surface area contributed by atoms with Crippen molar-refractivity contribution >= 4 is 0 Å². The predicted octanol–water partition coefficient (Wildman–Crippen LogP) is 1.92. The summed E-state index contributed by atoms with van der Waals surface area (Å²) in [5, 5.41) is 9.85. The molecule has 0 saturated heterocycles. The van der Waals surface area contributed by atoms with Crippen molar-refractivity contribution in [2.45, 2.75) is 44.8 Å². The van der Waals surface area contributed by atoms with E-state index in [0.29, 0.717) is 6.54 Å². The minimum atomic E-state index is -0.686. The second-order valence-electron chi connectivity index (χ2n) is 5.95. The summed E-state index contributed by atoms with van der Waals surface area (Å²) in [6.07, 6.45) is 4.14. The maximum atomic E-state index is 9.85. The van der Waals surface area contributed by atoms with Gasteiger partial charge in [-0.3, -0.25) is 4.90 Å². The Morgan fingerprint density at radius 3 is 2.74 bits per heavy atom. The molecule has 2 rings (SSSR count). The van der Waals surface area contributed by atoms with Gasteiger partial charge in [0.05, 0.1) is 5.60 Å². The molecule has 1 heterocycles. The lowest BCUT2D eigenvalue weighted by atomic mass is 9.98. The third-order valence-corrected chi connectivity index (χ3v) is 4.09. The molecule has 0 radical (unpaired) electrons. The minimum Gasteiger partial charge on any atom is -0.389 e. The molecule has 1 aromatic carbocycles. The minimum absolute atomic E-state index is 0.351. The lowest BCUT2D eigenvalue weighted by Crippen LogP contribution is -2.34. The number of unbranched alkanes of at least 4 members (excludes halogenated alkanes) is 1. The maximum absolute atomic E-state index is 9.85. The molecular formula is C16H26N2O. The van der Waals surface area contributed by atoms with Crippen LogP contribution in [-0.4, -0.2) is 35.2 Å². The van der Waals surface area contributed by atoms with Gasteiger partial charge in [0.2, 0.25) is 0 Å². The quantitative estimate of drug-likeness (QED) is 0.770. The van der Waals surface area contributed by atoms with E-state index in [4.69, 9.17) is 5.73 Å². The molecule has 0 aliphatic carbocycles. The first-order chi connectivity index (χ1) is 9.11. The van der Waals surface area contributed by atoms with Crippen molar-refractivity contribution in [1.29, 1.82) is 0 Å². The van der Waals surface area contributed by atoms with Crippen molar-refractivity contribution in [2.75, 3.05) is 19.6 Å². The van der Waals surface area contributed by atoms with Crippen LogP contribution in [0.5, 0.6) is 0 Å². The number of aliphatic hydroxyl groups is 1. The van der Waals surface area contributed by atoms with Crippen LogP contribution >= 0.6 is 0 Å². The monoisotopic (exact) mass is 262 g/mol. The zero-order valence-electron chi connectivity index (χ0n) is 11.9. The number of benzene rings is 1. The summed E-state index contributed by atoms with van der Waals surface area (Å²) in [4.78, 5) is 2.51. The molecule has 0 fully saturated rings. The average Bonchev–Trinajstić information content (AvgIpc) is 2.43. The molecule has 106 valence electrons. The first kappa shape index (κ1) is 14.5. The molecule has 1 unspecified atom stereocenters. The van der Waals surface area contributed by atoms with E-state index in [1.54, 1.807) is 0 Å². The highest BCUT2D eigenvalue weighted by atomic mass is 16.3. The van der Waals surface area contributed by atoms with Gasteiger partial charge in [-0.05, 0) is 50.3 Å². The molecule has 0 amide bonds. The largest absolute Gasteiger partial charge is 0.389 e. The highest BCUT2D eigenvalue weighted by Crippen LogP contribution is 2.19. The van der Waals surface area contributed by atoms with Crippen LogP contribution in [0.2, 0.25) is 0 Å². The molecule has 0 bridgehead atoms. The maximum Gasteiger partial charge on any atom is 0.0741 e. The number of rotatable bonds is 6. The Balaban J connectivity index is 1.71. The molecule has 3 N–H and O–H groups in total. The Labute approximate surface area is 116 Å². The van der Waals surface area contributed by atoms with Gasteiger partial charge >= 0.3 is 0 Å². The van der Waals surface area contributed by atoms with Gasteiger partial charge in [0.1, 0.15) is 0 Å². The van der Waals surface area contributed by atoms with Gasteiger partial charge in [-0.2, -0.15) is 0 Å². The Morgan fingerprint density at radius 1 is 1.26 bits per heavy atom. The summed E-state index contributed by atoms with van der Waals surface area (Å²) in [6, 6.07) is 8.73. The Hall–Kier alpha value is -0.900. The number of hydrogen-bond acceptors (Lipinski definition) is 3. The summed E-state index contributed by atoms with van der Waals surface area (Å²) in [5.74, 6) is 0. The molecule has 0 aromatic heterocycles. The number of hydrogen-bond donors (Lipinski definition) is 2. The van der Waals surface area contributed by atoms with Crippen LogP contribution in [0, 0.1) is 0 Å². The van der Waals surface area contributed by atoms with Gasteiger partial charge in [0.25, 0.3) is 0 Å². The molecule has 0 spiro atoms. The van der Waals surface area contributed by atoms with Crippen molar-refractivity contribution in [3.05, 3.63) is 35.4 Å². The fourth-order valence-corrected chi connectivity index (χ4v) is 2.69. The third kappa shape index (κ3) is 4.30. The van der Waals surface area contributed by atoms with E-state index >= 15 is 0 Å². The zero-order chi connectivity index (χ0) is 13.7. The van der Waals surface area contributed by atoms with Gasteiger partial charge in [0, 0.05) is 19.6 Å². The molecule has 1 atom stereocenters. The van der Waals surface area contributed by atoms with E-state index in [2.05, 4.69) is 29.2 Å². The standard InChI is InChI=1S/C16H26N2O/c1-16(19,13-17)9-4-5-10-18-11-8-14-6-2-3-7-15(14)12-18/h2-3,6-7,19H,4-5,8-13,17H2,1H3. The Kier molecular flexibility index (Phi) is 4.97. The summed E-state index contributed by atoms with van der Waals surface area (Å²) in [5.41, 5.74) is 7.82. The van der Waals surface area contributed by atoms with Crippen LogP contribution in [0.4, 0.5) is 0 Å². The molecule has 3 heteroatoms. The van der Waals surface area contributed by atoms with Crippen molar-refractivity contribution in [2.24, 2.45) is 5.73 Å². The summed E-state index contributed by atoms with van der Waals surface area (Å²) in [7, 11) is 0. The number of fused-ring (bicyclic) bond motifs is 1. The van der Waals surface area contributed by atoms with Gasteiger partial charge in [0.15, 0.2) is 0 Å². The molecule has 1 aliphatic heterocycles. The summed E-state index contributed by atoms with van der Waals surface area (Å²) in [6.45, 7) is 5.52. The summed E-state index contributed by atoms with van der Waals surface area (Å²) < 4.78 is 0. The molecular weight excluding hydrogens is 236 g/mol. The number of nitrogens with two attached hydrogens (primary N) is 1.